The van der Waals surface area contributed by atoms with Crippen molar-refractivity contribution < 1.29 is 9.21 Å². The van der Waals surface area contributed by atoms with Crippen molar-refractivity contribution in [3.05, 3.63) is 53.9 Å². The first-order chi connectivity index (χ1) is 11.6. The van der Waals surface area contributed by atoms with Gasteiger partial charge >= 0.3 is 0 Å². The molecule has 24 heavy (non-hydrogen) atoms. The van der Waals surface area contributed by atoms with Crippen LogP contribution < -0.4 is 11.1 Å². The van der Waals surface area contributed by atoms with Gasteiger partial charge in [0, 0.05) is 6.20 Å². The molecule has 0 aromatic carbocycles. The van der Waals surface area contributed by atoms with Gasteiger partial charge in [0.15, 0.2) is 11.5 Å². The van der Waals surface area contributed by atoms with Crippen molar-refractivity contribution >= 4 is 11.7 Å². The number of oxazole rings is 1. The predicted octanol–water partition coefficient (Wildman–Crippen LogP) is 1.91. The number of anilines is 1. The van der Waals surface area contributed by atoms with Crippen LogP contribution in [0.5, 0.6) is 0 Å². The van der Waals surface area contributed by atoms with Gasteiger partial charge in [-0.3, -0.25) is 9.78 Å². The van der Waals surface area contributed by atoms with E-state index < -0.39 is 5.91 Å². The van der Waals surface area contributed by atoms with E-state index in [1.54, 1.807) is 13.1 Å². The maximum atomic E-state index is 12.4. The molecule has 1 atom stereocenters. The molecule has 8 nitrogen and oxygen atoms in total. The molecule has 3 aromatic heterocycles. The zero-order valence-corrected chi connectivity index (χ0v) is 13.2. The van der Waals surface area contributed by atoms with Crippen molar-refractivity contribution in [2.24, 2.45) is 0 Å². The number of nitrogen functional groups attached to an aromatic ring is 1. The molecule has 1 amide bonds. The SMILES string of the molecule is Cc1nc(C(=O)NC(C)c2ccccn2)c(N)nc1-c1ncco1. The minimum absolute atomic E-state index is 0.0134. The molecule has 0 saturated carbocycles. The standard InChI is InChI=1S/C16H16N6O2/c1-9(11-5-3-4-6-18-11)21-15(23)13-14(17)22-12(10(2)20-13)16-19-7-8-24-16/h3-9H,1-2H3,(H2,17,22)(H,21,23). The number of amides is 1. The highest BCUT2D eigenvalue weighted by molar-refractivity contribution is 5.96. The summed E-state index contributed by atoms with van der Waals surface area (Å²) in [4.78, 5) is 29.1. The Morgan fingerprint density at radius 1 is 1.25 bits per heavy atom. The lowest BCUT2D eigenvalue weighted by Gasteiger charge is -2.14. The third-order valence-electron chi connectivity index (χ3n) is 3.43. The van der Waals surface area contributed by atoms with Crippen LogP contribution in [0.25, 0.3) is 11.6 Å². The monoisotopic (exact) mass is 324 g/mol. The van der Waals surface area contributed by atoms with Crippen LogP contribution in [0.15, 0.2) is 41.3 Å². The average molecular weight is 324 g/mol. The van der Waals surface area contributed by atoms with Gasteiger partial charge in [0.1, 0.15) is 12.0 Å². The lowest BCUT2D eigenvalue weighted by molar-refractivity contribution is 0.0934. The van der Waals surface area contributed by atoms with Crippen LogP contribution in [0.3, 0.4) is 0 Å². The number of carbonyl (C=O) groups is 1. The predicted molar refractivity (Wildman–Crippen MR) is 86.8 cm³/mol. The summed E-state index contributed by atoms with van der Waals surface area (Å²) >= 11 is 0. The first-order valence-corrected chi connectivity index (χ1v) is 7.32. The van der Waals surface area contributed by atoms with E-state index in [9.17, 15) is 4.79 Å². The Balaban J connectivity index is 1.84. The minimum Gasteiger partial charge on any atom is -0.443 e. The molecule has 0 aliphatic heterocycles. The highest BCUT2D eigenvalue weighted by Gasteiger charge is 2.20. The fourth-order valence-electron chi connectivity index (χ4n) is 2.21. The molecule has 0 bridgehead atoms. The lowest BCUT2D eigenvalue weighted by atomic mass is 10.2. The summed E-state index contributed by atoms with van der Waals surface area (Å²) in [6, 6.07) is 5.21. The molecule has 8 heteroatoms. The van der Waals surface area contributed by atoms with Gasteiger partial charge in [-0.25, -0.2) is 15.0 Å². The van der Waals surface area contributed by atoms with E-state index in [2.05, 4.69) is 25.3 Å². The molecule has 3 N–H and O–H groups in total. The zero-order chi connectivity index (χ0) is 17.1. The Hall–Kier alpha value is -3.29. The summed E-state index contributed by atoms with van der Waals surface area (Å²) in [7, 11) is 0. The second kappa shape index (κ2) is 6.45. The van der Waals surface area contributed by atoms with E-state index in [-0.39, 0.29) is 17.6 Å². The summed E-state index contributed by atoms with van der Waals surface area (Å²) in [6.07, 6.45) is 4.60. The number of hydrogen-bond donors (Lipinski definition) is 2. The number of aromatic nitrogens is 4. The van der Waals surface area contributed by atoms with Crippen LogP contribution >= 0.6 is 0 Å². The molecular formula is C16H16N6O2. The molecule has 3 aromatic rings. The van der Waals surface area contributed by atoms with Gasteiger partial charge in [-0.2, -0.15) is 0 Å². The van der Waals surface area contributed by atoms with Crippen molar-refractivity contribution in [3.63, 3.8) is 0 Å². The Morgan fingerprint density at radius 3 is 2.75 bits per heavy atom. The Labute approximate surface area is 138 Å². The van der Waals surface area contributed by atoms with Crippen molar-refractivity contribution in [3.8, 4) is 11.6 Å². The minimum atomic E-state index is -0.416. The van der Waals surface area contributed by atoms with Gasteiger partial charge in [0.2, 0.25) is 5.89 Å². The van der Waals surface area contributed by atoms with Crippen LogP contribution in [0.1, 0.15) is 34.8 Å². The largest absolute Gasteiger partial charge is 0.443 e. The number of pyridine rings is 1. The highest BCUT2D eigenvalue weighted by atomic mass is 16.3. The highest BCUT2D eigenvalue weighted by Crippen LogP contribution is 2.21. The number of aryl methyl sites for hydroxylation is 1. The second-order valence-corrected chi connectivity index (χ2v) is 5.18. The second-order valence-electron chi connectivity index (χ2n) is 5.18. The van der Waals surface area contributed by atoms with Gasteiger partial charge < -0.3 is 15.5 Å². The van der Waals surface area contributed by atoms with E-state index in [0.717, 1.165) is 5.69 Å². The van der Waals surface area contributed by atoms with Crippen LogP contribution in [0.4, 0.5) is 5.82 Å². The van der Waals surface area contributed by atoms with Gasteiger partial charge in [0.05, 0.1) is 23.6 Å². The van der Waals surface area contributed by atoms with Crippen LogP contribution in [-0.2, 0) is 0 Å². The van der Waals surface area contributed by atoms with Crippen molar-refractivity contribution in [2.45, 2.75) is 19.9 Å². The maximum absolute atomic E-state index is 12.4. The summed E-state index contributed by atoms with van der Waals surface area (Å²) in [5.41, 5.74) is 7.61. The number of rotatable bonds is 4. The molecule has 1 unspecified atom stereocenters. The molecular weight excluding hydrogens is 308 g/mol. The first-order valence-electron chi connectivity index (χ1n) is 7.32. The Bertz CT molecular complexity index is 849. The maximum Gasteiger partial charge on any atom is 0.274 e. The molecule has 0 aliphatic carbocycles. The van der Waals surface area contributed by atoms with Crippen LogP contribution in [0, 0.1) is 6.92 Å². The Morgan fingerprint density at radius 2 is 2.08 bits per heavy atom. The molecule has 0 fully saturated rings. The molecule has 122 valence electrons. The number of nitrogens with two attached hydrogens (primary N) is 1. The third-order valence-corrected chi connectivity index (χ3v) is 3.43. The molecule has 0 aliphatic rings. The number of hydrogen-bond acceptors (Lipinski definition) is 7. The fraction of sp³-hybridized carbons (Fsp3) is 0.188. The van der Waals surface area contributed by atoms with Gasteiger partial charge in [-0.15, -0.1) is 0 Å². The van der Waals surface area contributed by atoms with E-state index >= 15 is 0 Å². The third kappa shape index (κ3) is 3.07. The van der Waals surface area contributed by atoms with E-state index in [0.29, 0.717) is 17.3 Å². The fourth-order valence-corrected chi connectivity index (χ4v) is 2.21. The normalized spacial score (nSPS) is 11.9. The van der Waals surface area contributed by atoms with E-state index in [4.69, 9.17) is 10.2 Å². The molecule has 3 heterocycles. The summed E-state index contributed by atoms with van der Waals surface area (Å²) in [5, 5.41) is 2.81. The number of nitrogens with one attached hydrogen (secondary N) is 1. The van der Waals surface area contributed by atoms with Gasteiger partial charge in [0.25, 0.3) is 5.91 Å². The van der Waals surface area contributed by atoms with Crippen LogP contribution in [0.2, 0.25) is 0 Å². The van der Waals surface area contributed by atoms with Crippen LogP contribution in [-0.4, -0.2) is 25.8 Å². The lowest BCUT2D eigenvalue weighted by Crippen LogP contribution is -2.29. The molecule has 0 radical (unpaired) electrons. The van der Waals surface area contributed by atoms with E-state index in [1.165, 1.54) is 12.5 Å². The van der Waals surface area contributed by atoms with Gasteiger partial charge in [-0.05, 0) is 26.0 Å². The zero-order valence-electron chi connectivity index (χ0n) is 13.2. The summed E-state index contributed by atoms with van der Waals surface area (Å²) < 4.78 is 5.20. The Kier molecular flexibility index (Phi) is 4.19. The molecule has 3 rings (SSSR count). The summed E-state index contributed by atoms with van der Waals surface area (Å²) in [6.45, 7) is 3.54. The van der Waals surface area contributed by atoms with Crippen molar-refractivity contribution in [1.82, 2.24) is 25.3 Å². The average Bonchev–Trinajstić information content (AvgIpc) is 3.11. The smallest absolute Gasteiger partial charge is 0.274 e. The number of carbonyl (C=O) groups excluding carboxylic acids is 1. The van der Waals surface area contributed by atoms with E-state index in [1.807, 2.05) is 25.1 Å². The molecule has 0 spiro atoms. The quantitative estimate of drug-likeness (QED) is 0.752. The topological polar surface area (TPSA) is 120 Å². The molecule has 0 saturated heterocycles. The number of nitrogens with zero attached hydrogens (tertiary/aromatic N) is 4. The van der Waals surface area contributed by atoms with Crippen molar-refractivity contribution in [1.29, 1.82) is 0 Å². The summed E-state index contributed by atoms with van der Waals surface area (Å²) in [5.74, 6) is -0.0970. The van der Waals surface area contributed by atoms with Crippen molar-refractivity contribution in [2.75, 3.05) is 5.73 Å². The first kappa shape index (κ1) is 15.6. The van der Waals surface area contributed by atoms with Gasteiger partial charge in [-0.1, -0.05) is 6.07 Å².